The molecule has 100 valence electrons. The number of amides is 1. The van der Waals surface area contributed by atoms with Crippen molar-refractivity contribution >= 4 is 30.1 Å². The van der Waals surface area contributed by atoms with E-state index >= 15 is 0 Å². The zero-order valence-corrected chi connectivity index (χ0v) is 12.7. The Hall–Kier alpha value is -0.670. The summed E-state index contributed by atoms with van der Waals surface area (Å²) in [6, 6.07) is 5.30. The lowest BCUT2D eigenvalue weighted by Crippen LogP contribution is -2.33. The number of halogens is 1. The minimum atomic E-state index is -0.133. The highest BCUT2D eigenvalue weighted by molar-refractivity contribution is 7.80. The summed E-state index contributed by atoms with van der Waals surface area (Å²) >= 11 is 10.2. The van der Waals surface area contributed by atoms with E-state index in [9.17, 15) is 4.79 Å². The molecule has 2 atom stereocenters. The first-order valence-electron chi connectivity index (χ1n) is 6.23. The van der Waals surface area contributed by atoms with Crippen LogP contribution in [-0.4, -0.2) is 11.9 Å². The van der Waals surface area contributed by atoms with E-state index in [0.717, 1.165) is 17.7 Å². The lowest BCUT2D eigenvalue weighted by molar-refractivity contribution is 0.0935. The van der Waals surface area contributed by atoms with Crippen LogP contribution in [0.3, 0.4) is 0 Å². The fourth-order valence-electron chi connectivity index (χ4n) is 1.82. The van der Waals surface area contributed by atoms with Gasteiger partial charge in [-0.25, -0.2) is 0 Å². The van der Waals surface area contributed by atoms with Gasteiger partial charge in [-0.2, -0.15) is 0 Å². The summed E-state index contributed by atoms with van der Waals surface area (Å²) in [6.45, 7) is 6.35. The molecule has 0 bridgehead atoms. The summed E-state index contributed by atoms with van der Waals surface area (Å²) in [5, 5.41) is 3.43. The van der Waals surface area contributed by atoms with Crippen molar-refractivity contribution in [3.05, 3.63) is 28.8 Å². The number of carbonyl (C=O) groups is 1. The van der Waals surface area contributed by atoms with Crippen molar-refractivity contribution in [2.75, 3.05) is 0 Å². The molecule has 1 rings (SSSR count). The lowest BCUT2D eigenvalue weighted by atomic mass is 10.00. The van der Waals surface area contributed by atoms with Crippen LogP contribution in [0.2, 0.25) is 5.02 Å². The summed E-state index contributed by atoms with van der Waals surface area (Å²) in [7, 11) is 0. The van der Waals surface area contributed by atoms with E-state index in [1.165, 1.54) is 0 Å². The number of carbonyl (C=O) groups excluding carboxylic acids is 1. The molecular formula is C14H20ClNOS. The number of thiol groups is 1. The van der Waals surface area contributed by atoms with E-state index < -0.39 is 0 Å². The average molecular weight is 286 g/mol. The van der Waals surface area contributed by atoms with Gasteiger partial charge in [0, 0.05) is 10.9 Å². The van der Waals surface area contributed by atoms with E-state index in [2.05, 4.69) is 31.8 Å². The molecule has 0 aromatic heterocycles. The SMILES string of the molecule is CCC(C)CC(C)NC(=O)c1cc(S)ccc1Cl. The van der Waals surface area contributed by atoms with Gasteiger partial charge in [-0.1, -0.05) is 31.9 Å². The quantitative estimate of drug-likeness (QED) is 0.781. The number of hydrogen-bond acceptors (Lipinski definition) is 2. The number of hydrogen-bond donors (Lipinski definition) is 2. The van der Waals surface area contributed by atoms with Gasteiger partial charge in [0.2, 0.25) is 0 Å². The Morgan fingerprint density at radius 1 is 1.44 bits per heavy atom. The summed E-state index contributed by atoms with van der Waals surface area (Å²) < 4.78 is 0. The van der Waals surface area contributed by atoms with E-state index in [0.29, 0.717) is 16.5 Å². The highest BCUT2D eigenvalue weighted by Crippen LogP contribution is 2.20. The third kappa shape index (κ3) is 4.54. The Balaban J connectivity index is 2.67. The molecule has 0 spiro atoms. The molecule has 0 saturated carbocycles. The van der Waals surface area contributed by atoms with Gasteiger partial charge in [0.1, 0.15) is 0 Å². The van der Waals surface area contributed by atoms with Crippen molar-refractivity contribution < 1.29 is 4.79 Å². The smallest absolute Gasteiger partial charge is 0.253 e. The van der Waals surface area contributed by atoms with E-state index in [1.54, 1.807) is 18.2 Å². The van der Waals surface area contributed by atoms with Crippen LogP contribution in [0.15, 0.2) is 23.1 Å². The van der Waals surface area contributed by atoms with Crippen LogP contribution in [0.1, 0.15) is 44.0 Å². The molecule has 0 aliphatic carbocycles. The Morgan fingerprint density at radius 2 is 2.11 bits per heavy atom. The van der Waals surface area contributed by atoms with Crippen molar-refractivity contribution in [2.24, 2.45) is 5.92 Å². The van der Waals surface area contributed by atoms with E-state index in [1.807, 2.05) is 6.92 Å². The molecule has 1 aromatic rings. The monoisotopic (exact) mass is 285 g/mol. The lowest BCUT2D eigenvalue weighted by Gasteiger charge is -2.18. The fourth-order valence-corrected chi connectivity index (χ4v) is 2.22. The summed E-state index contributed by atoms with van der Waals surface area (Å²) in [5.41, 5.74) is 0.486. The van der Waals surface area contributed by atoms with Crippen LogP contribution in [0.4, 0.5) is 0 Å². The maximum absolute atomic E-state index is 12.1. The summed E-state index contributed by atoms with van der Waals surface area (Å²) in [5.74, 6) is 0.471. The molecule has 0 radical (unpaired) electrons. The number of benzene rings is 1. The molecular weight excluding hydrogens is 266 g/mol. The van der Waals surface area contributed by atoms with Gasteiger partial charge in [0.25, 0.3) is 5.91 Å². The van der Waals surface area contributed by atoms with Crippen molar-refractivity contribution in [2.45, 2.75) is 44.6 Å². The molecule has 0 aliphatic heterocycles. The van der Waals surface area contributed by atoms with Crippen molar-refractivity contribution in [3.8, 4) is 0 Å². The molecule has 1 amide bonds. The second-order valence-corrected chi connectivity index (χ2v) is 5.71. The maximum atomic E-state index is 12.1. The van der Waals surface area contributed by atoms with Gasteiger partial charge >= 0.3 is 0 Å². The topological polar surface area (TPSA) is 29.1 Å². The molecule has 4 heteroatoms. The predicted octanol–water partition coefficient (Wildman–Crippen LogP) is 4.18. The number of rotatable bonds is 5. The normalized spacial score (nSPS) is 14.1. The molecule has 0 fully saturated rings. The minimum absolute atomic E-state index is 0.133. The van der Waals surface area contributed by atoms with Crippen LogP contribution < -0.4 is 5.32 Å². The first-order valence-corrected chi connectivity index (χ1v) is 7.06. The summed E-state index contributed by atoms with van der Waals surface area (Å²) in [6.07, 6.45) is 2.09. The predicted molar refractivity (Wildman–Crippen MR) is 79.7 cm³/mol. The first kappa shape index (κ1) is 15.4. The second-order valence-electron chi connectivity index (χ2n) is 4.79. The molecule has 1 aromatic carbocycles. The van der Waals surface area contributed by atoms with Crippen LogP contribution in [-0.2, 0) is 0 Å². The minimum Gasteiger partial charge on any atom is -0.350 e. The van der Waals surface area contributed by atoms with E-state index in [-0.39, 0.29) is 11.9 Å². The Bertz CT molecular complexity index is 422. The highest BCUT2D eigenvalue weighted by atomic mass is 35.5. The largest absolute Gasteiger partial charge is 0.350 e. The van der Waals surface area contributed by atoms with Gasteiger partial charge in [-0.05, 0) is 37.5 Å². The van der Waals surface area contributed by atoms with Gasteiger partial charge in [-0.15, -0.1) is 12.6 Å². The number of nitrogens with one attached hydrogen (secondary N) is 1. The van der Waals surface area contributed by atoms with Crippen molar-refractivity contribution in [1.82, 2.24) is 5.32 Å². The molecule has 1 N–H and O–H groups in total. The zero-order valence-electron chi connectivity index (χ0n) is 11.0. The Labute approximate surface area is 120 Å². The third-order valence-electron chi connectivity index (χ3n) is 3.02. The first-order chi connectivity index (χ1) is 8.43. The van der Waals surface area contributed by atoms with Crippen LogP contribution in [0.5, 0.6) is 0 Å². The van der Waals surface area contributed by atoms with Gasteiger partial charge in [0.15, 0.2) is 0 Å². The second kappa shape index (κ2) is 7.05. The van der Waals surface area contributed by atoms with Gasteiger partial charge < -0.3 is 5.32 Å². The molecule has 0 heterocycles. The fraction of sp³-hybridized carbons (Fsp3) is 0.500. The Morgan fingerprint density at radius 3 is 2.72 bits per heavy atom. The molecule has 2 unspecified atom stereocenters. The summed E-state index contributed by atoms with van der Waals surface area (Å²) in [4.78, 5) is 12.8. The van der Waals surface area contributed by atoms with Gasteiger partial charge in [0.05, 0.1) is 10.6 Å². The highest BCUT2D eigenvalue weighted by Gasteiger charge is 2.14. The molecule has 2 nitrogen and oxygen atoms in total. The van der Waals surface area contributed by atoms with Crippen LogP contribution in [0.25, 0.3) is 0 Å². The Kier molecular flexibility index (Phi) is 6.03. The molecule has 0 saturated heterocycles. The molecule has 18 heavy (non-hydrogen) atoms. The maximum Gasteiger partial charge on any atom is 0.253 e. The van der Waals surface area contributed by atoms with Crippen molar-refractivity contribution in [3.63, 3.8) is 0 Å². The average Bonchev–Trinajstić information content (AvgIpc) is 2.31. The zero-order chi connectivity index (χ0) is 13.7. The van der Waals surface area contributed by atoms with Crippen LogP contribution in [0, 0.1) is 5.92 Å². The third-order valence-corrected chi connectivity index (χ3v) is 3.63. The van der Waals surface area contributed by atoms with Crippen LogP contribution >= 0.6 is 24.2 Å². The van der Waals surface area contributed by atoms with Crippen molar-refractivity contribution in [1.29, 1.82) is 0 Å². The standard InChI is InChI=1S/C14H20ClNOS/c1-4-9(2)7-10(3)16-14(17)12-8-11(18)5-6-13(12)15/h5-6,8-10,18H,4,7H2,1-3H3,(H,16,17). The van der Waals surface area contributed by atoms with Gasteiger partial charge in [-0.3, -0.25) is 4.79 Å². The van der Waals surface area contributed by atoms with E-state index in [4.69, 9.17) is 11.6 Å². The molecule has 0 aliphatic rings.